The van der Waals surface area contributed by atoms with Crippen LogP contribution >= 0.6 is 15.6 Å². The highest BCUT2D eigenvalue weighted by Crippen LogP contribution is 2.45. The Bertz CT molecular complexity index is 2680. The zero-order valence-corrected chi connectivity index (χ0v) is 67.6. The summed E-state index contributed by atoms with van der Waals surface area (Å²) in [5.74, 6) is -2.40. The molecule has 0 heterocycles. The van der Waals surface area contributed by atoms with Crippen LogP contribution in [0.2, 0.25) is 0 Å². The summed E-state index contributed by atoms with van der Waals surface area (Å²) in [4.78, 5) is 73.0. The maximum absolute atomic E-state index is 13.1. The normalized spacial score (nSPS) is 14.7. The molecular weight excluding hydrogens is 1380 g/mol. The highest BCUT2D eigenvalue weighted by atomic mass is 31.2. The maximum atomic E-state index is 13.1. The number of unbranched alkanes of at least 4 members (excludes halogenated alkanes) is 20. The second-order valence-corrected chi connectivity index (χ2v) is 29.1. The molecule has 0 spiro atoms. The highest BCUT2D eigenvalue weighted by Gasteiger charge is 2.30. The van der Waals surface area contributed by atoms with Gasteiger partial charge in [0.05, 0.1) is 26.4 Å². The minimum absolute atomic E-state index is 0.0288. The average molecular weight is 1520 g/mol. The SMILES string of the molecule is CC/C=C\C/C=C\C/C=C\C/C=C\C/C=C\C/C=C\CCC(=O)OC[C@H](COP(=O)(O)OC[C@@H](O)COP(=O)(O)OC[C@@H](COC(=O)CCCCCCC/C=C\CCCCCC)OC(=O)CC/C=C\C/C=C\C/C=C\C/C=C\C/C=C\C/C=C\CC)OC(=O)CCCCCCCCC/C=C\CCCCCC. The van der Waals surface area contributed by atoms with Crippen LogP contribution in [0.5, 0.6) is 0 Å². The quantitative estimate of drug-likeness (QED) is 0.0169. The zero-order chi connectivity index (χ0) is 77.4. The van der Waals surface area contributed by atoms with Gasteiger partial charge < -0.3 is 33.8 Å². The Balaban J connectivity index is 5.51. The largest absolute Gasteiger partial charge is 0.472 e. The highest BCUT2D eigenvalue weighted by molar-refractivity contribution is 7.47. The summed E-state index contributed by atoms with van der Waals surface area (Å²) < 4.78 is 68.4. The lowest BCUT2D eigenvalue weighted by Crippen LogP contribution is -2.30. The Kier molecular flexibility index (Phi) is 73.5. The van der Waals surface area contributed by atoms with Crippen LogP contribution < -0.4 is 0 Å². The van der Waals surface area contributed by atoms with Crippen molar-refractivity contribution in [3.05, 3.63) is 170 Å². The van der Waals surface area contributed by atoms with Crippen molar-refractivity contribution in [2.75, 3.05) is 39.6 Å². The third-order valence-electron chi connectivity index (χ3n) is 16.2. The second kappa shape index (κ2) is 77.6. The Hall–Kier alpha value is -5.58. The van der Waals surface area contributed by atoms with Crippen LogP contribution in [0.25, 0.3) is 0 Å². The number of phosphoric acid groups is 2. The van der Waals surface area contributed by atoms with Gasteiger partial charge in [-0.05, 0) is 154 Å². The van der Waals surface area contributed by atoms with Crippen LogP contribution in [0.3, 0.4) is 0 Å². The predicted octanol–water partition coefficient (Wildman–Crippen LogP) is 23.8. The first-order chi connectivity index (χ1) is 51.7. The van der Waals surface area contributed by atoms with Gasteiger partial charge in [-0.1, -0.05) is 288 Å². The minimum Gasteiger partial charge on any atom is -0.462 e. The number of hydrogen-bond acceptors (Lipinski definition) is 15. The monoisotopic (exact) mass is 1520 g/mol. The average Bonchev–Trinajstić information content (AvgIpc) is 0.902. The van der Waals surface area contributed by atoms with Crippen LogP contribution in [-0.4, -0.2) is 96.7 Å². The fourth-order valence-corrected chi connectivity index (χ4v) is 11.7. The molecule has 0 fully saturated rings. The van der Waals surface area contributed by atoms with Gasteiger partial charge in [-0.25, -0.2) is 9.13 Å². The van der Waals surface area contributed by atoms with Crippen molar-refractivity contribution in [2.24, 2.45) is 0 Å². The molecule has 0 saturated heterocycles. The molecule has 0 aliphatic carbocycles. The summed E-state index contributed by atoms with van der Waals surface area (Å²) in [6.07, 6.45) is 92.2. The molecule has 0 aliphatic heterocycles. The molecule has 19 heteroatoms. The molecule has 0 amide bonds. The maximum Gasteiger partial charge on any atom is 0.472 e. The summed E-state index contributed by atoms with van der Waals surface area (Å²) >= 11 is 0. The third-order valence-corrected chi connectivity index (χ3v) is 18.1. The molecule has 0 aliphatic rings. The number of carbonyl (C=O) groups is 4. The van der Waals surface area contributed by atoms with Crippen molar-refractivity contribution >= 4 is 39.5 Å². The van der Waals surface area contributed by atoms with Gasteiger partial charge in [0.2, 0.25) is 0 Å². The van der Waals surface area contributed by atoms with Crippen LogP contribution in [0.15, 0.2) is 170 Å². The number of esters is 4. The molecule has 0 rings (SSSR count). The van der Waals surface area contributed by atoms with E-state index in [2.05, 4.69) is 161 Å². The third kappa shape index (κ3) is 76.6. The lowest BCUT2D eigenvalue weighted by Gasteiger charge is -2.21. The Morgan fingerprint density at radius 3 is 0.830 bits per heavy atom. The molecule has 3 N–H and O–H groups in total. The molecule has 0 aromatic rings. The first-order valence-corrected chi connectivity index (χ1v) is 43.4. The van der Waals surface area contributed by atoms with E-state index in [9.17, 15) is 43.2 Å². The molecule has 0 aromatic heterocycles. The Morgan fingerprint density at radius 2 is 0.509 bits per heavy atom. The summed E-state index contributed by atoms with van der Waals surface area (Å²) in [6.45, 7) is 4.42. The first kappa shape index (κ1) is 100. The number of aliphatic hydroxyl groups is 1. The minimum atomic E-state index is -5.01. The number of ether oxygens (including phenoxy) is 4. The topological polar surface area (TPSA) is 237 Å². The number of aliphatic hydroxyl groups excluding tert-OH is 1. The van der Waals surface area contributed by atoms with Gasteiger partial charge in [0.25, 0.3) is 0 Å². The molecule has 0 bridgehead atoms. The van der Waals surface area contributed by atoms with E-state index in [4.69, 9.17) is 37.0 Å². The van der Waals surface area contributed by atoms with E-state index in [0.717, 1.165) is 154 Å². The van der Waals surface area contributed by atoms with Crippen LogP contribution in [-0.2, 0) is 65.4 Å². The second-order valence-electron chi connectivity index (χ2n) is 26.2. The fourth-order valence-electron chi connectivity index (χ4n) is 10.1. The van der Waals surface area contributed by atoms with Crippen molar-refractivity contribution in [3.8, 4) is 0 Å². The van der Waals surface area contributed by atoms with Crippen LogP contribution in [0.1, 0.15) is 297 Å². The fraction of sp³-hybridized carbons (Fsp3) is 0.632. The van der Waals surface area contributed by atoms with Crippen molar-refractivity contribution in [1.29, 1.82) is 0 Å². The van der Waals surface area contributed by atoms with E-state index < -0.39 is 97.5 Å². The molecule has 602 valence electrons. The molecule has 2 unspecified atom stereocenters. The van der Waals surface area contributed by atoms with Gasteiger partial charge in [-0.3, -0.25) is 37.3 Å². The zero-order valence-electron chi connectivity index (χ0n) is 65.8. The summed E-state index contributed by atoms with van der Waals surface area (Å²) in [5, 5.41) is 10.6. The van der Waals surface area contributed by atoms with E-state index in [1.165, 1.54) is 51.4 Å². The van der Waals surface area contributed by atoms with E-state index in [1.807, 2.05) is 36.5 Å². The number of carbonyl (C=O) groups excluding carboxylic acids is 4. The Labute approximate surface area is 642 Å². The van der Waals surface area contributed by atoms with Gasteiger partial charge in [0, 0.05) is 25.7 Å². The molecule has 0 saturated carbocycles. The summed E-state index contributed by atoms with van der Waals surface area (Å²) in [5.41, 5.74) is 0. The first-order valence-electron chi connectivity index (χ1n) is 40.4. The molecule has 0 radical (unpaired) electrons. The van der Waals surface area contributed by atoms with Gasteiger partial charge >= 0.3 is 39.5 Å². The predicted molar refractivity (Wildman–Crippen MR) is 436 cm³/mol. The molecule has 5 atom stereocenters. The molecule has 17 nitrogen and oxygen atoms in total. The van der Waals surface area contributed by atoms with E-state index >= 15 is 0 Å². The van der Waals surface area contributed by atoms with E-state index in [-0.39, 0.29) is 25.7 Å². The van der Waals surface area contributed by atoms with E-state index in [1.54, 1.807) is 0 Å². The van der Waals surface area contributed by atoms with Crippen molar-refractivity contribution in [2.45, 2.75) is 316 Å². The van der Waals surface area contributed by atoms with Gasteiger partial charge in [0.1, 0.15) is 19.3 Å². The van der Waals surface area contributed by atoms with Gasteiger partial charge in [-0.15, -0.1) is 0 Å². The molecule has 106 heavy (non-hydrogen) atoms. The standard InChI is InChI=1S/C87H142O17P2/c1-5-9-13-17-21-25-29-33-36-38-40-42-45-48-52-56-60-64-68-72-85(90)98-78-83(103-86(91)73-69-65-61-57-53-49-44-35-31-27-23-19-15-11-7-3)80-102-106(95,96)100-76-81(88)75-99-105(93,94)101-79-82(77-97-84(89)71-67-63-59-55-51-47-32-28-24-20-16-12-8-4)104-87(92)74-70-66-62-58-54-50-46-43-41-39-37-34-30-26-22-18-14-10-6-2/h9-10,13-14,21-22,25-28,31-34,36-37,40-43,48,50,52,54,60,62,64,66,81-83,88H,5-8,11-12,15-20,23-24,29-30,35,38-39,44-47,49,51,53,55-59,61,63,65,67-80H2,1-4H3,(H,93,94)(H,95,96)/b13-9-,14-10-,25-21-,26-22-,31-27-,32-28-,36-33-,37-34-,42-40-,43-41-,52-48-,54-50-,64-60-,66-62-/t81-,82+,83+/m0/s1. The van der Waals surface area contributed by atoms with Gasteiger partial charge in [0.15, 0.2) is 12.2 Å². The lowest BCUT2D eigenvalue weighted by molar-refractivity contribution is -0.161. The molecular formula is C87H142O17P2. The van der Waals surface area contributed by atoms with Crippen molar-refractivity contribution < 1.29 is 80.2 Å². The van der Waals surface area contributed by atoms with E-state index in [0.29, 0.717) is 38.5 Å². The van der Waals surface area contributed by atoms with Gasteiger partial charge in [-0.2, -0.15) is 0 Å². The number of phosphoric ester groups is 2. The molecule has 0 aromatic carbocycles. The number of allylic oxidation sites excluding steroid dienone is 28. The number of rotatable bonds is 74. The van der Waals surface area contributed by atoms with Crippen LogP contribution in [0, 0.1) is 0 Å². The Morgan fingerprint density at radius 1 is 0.274 bits per heavy atom. The van der Waals surface area contributed by atoms with Crippen LogP contribution in [0.4, 0.5) is 0 Å². The van der Waals surface area contributed by atoms with Crippen molar-refractivity contribution in [3.63, 3.8) is 0 Å². The summed E-state index contributed by atoms with van der Waals surface area (Å²) in [6, 6.07) is 0. The smallest absolute Gasteiger partial charge is 0.462 e. The lowest BCUT2D eigenvalue weighted by atomic mass is 10.1. The van der Waals surface area contributed by atoms with Crippen molar-refractivity contribution in [1.82, 2.24) is 0 Å². The summed E-state index contributed by atoms with van der Waals surface area (Å²) in [7, 11) is -10.0. The number of hydrogen-bond donors (Lipinski definition) is 3.